The van der Waals surface area contributed by atoms with E-state index in [2.05, 4.69) is 31.4 Å². The maximum absolute atomic E-state index is 12.2. The van der Waals surface area contributed by atoms with Gasteiger partial charge in [-0.05, 0) is 50.9 Å². The topological polar surface area (TPSA) is 41.1 Å². The number of hydrogen-bond donors (Lipinski definition) is 2. The summed E-state index contributed by atoms with van der Waals surface area (Å²) in [5.41, 5.74) is 0.392. The summed E-state index contributed by atoms with van der Waals surface area (Å²) < 4.78 is 0. The van der Waals surface area contributed by atoms with Crippen LogP contribution in [0, 0.1) is 5.41 Å². The van der Waals surface area contributed by atoms with Gasteiger partial charge in [0.15, 0.2) is 0 Å². The first-order chi connectivity index (χ1) is 8.46. The fraction of sp³-hybridized carbons (Fsp3) is 0.933. The molecule has 0 aromatic carbocycles. The van der Waals surface area contributed by atoms with Gasteiger partial charge in [0.2, 0.25) is 5.91 Å². The standard InChI is InChI=1S/C15H28N2O/c1-11-6-4-8-13(16-11)14(18)17-12-7-5-9-15(2,3)10-12/h11-13,16H,4-10H2,1-3H3,(H,17,18). The number of amides is 1. The van der Waals surface area contributed by atoms with E-state index in [1.807, 2.05) is 0 Å². The lowest BCUT2D eigenvalue weighted by molar-refractivity contribution is -0.125. The number of rotatable bonds is 2. The zero-order chi connectivity index (χ0) is 13.2. The minimum Gasteiger partial charge on any atom is -0.352 e. The summed E-state index contributed by atoms with van der Waals surface area (Å²) in [6, 6.07) is 0.913. The molecule has 1 aliphatic carbocycles. The molecule has 0 bridgehead atoms. The van der Waals surface area contributed by atoms with Gasteiger partial charge >= 0.3 is 0 Å². The lowest BCUT2D eigenvalue weighted by Gasteiger charge is -2.37. The molecule has 3 atom stereocenters. The molecule has 2 fully saturated rings. The van der Waals surface area contributed by atoms with Gasteiger partial charge in [0.25, 0.3) is 0 Å². The molecule has 18 heavy (non-hydrogen) atoms. The van der Waals surface area contributed by atoms with Crippen molar-refractivity contribution >= 4 is 5.91 Å². The van der Waals surface area contributed by atoms with Gasteiger partial charge in [-0.25, -0.2) is 0 Å². The third kappa shape index (κ3) is 3.71. The molecule has 2 N–H and O–H groups in total. The van der Waals surface area contributed by atoms with Crippen molar-refractivity contribution in [3.8, 4) is 0 Å². The lowest BCUT2D eigenvalue weighted by Crippen LogP contribution is -2.53. The Labute approximate surface area is 111 Å². The van der Waals surface area contributed by atoms with Crippen molar-refractivity contribution in [2.75, 3.05) is 0 Å². The van der Waals surface area contributed by atoms with E-state index in [-0.39, 0.29) is 11.9 Å². The molecule has 3 nitrogen and oxygen atoms in total. The minimum atomic E-state index is 0.0405. The Morgan fingerprint density at radius 3 is 2.67 bits per heavy atom. The summed E-state index contributed by atoms with van der Waals surface area (Å²) in [6.45, 7) is 6.79. The summed E-state index contributed by atoms with van der Waals surface area (Å²) in [6.07, 6.45) is 8.16. The van der Waals surface area contributed by atoms with Crippen LogP contribution in [0.4, 0.5) is 0 Å². The van der Waals surface area contributed by atoms with Crippen LogP contribution in [0.3, 0.4) is 0 Å². The fourth-order valence-electron chi connectivity index (χ4n) is 3.47. The van der Waals surface area contributed by atoms with Crippen molar-refractivity contribution in [1.29, 1.82) is 0 Å². The molecule has 1 aliphatic heterocycles. The van der Waals surface area contributed by atoms with Gasteiger partial charge in [0.05, 0.1) is 6.04 Å². The van der Waals surface area contributed by atoms with Gasteiger partial charge in [-0.3, -0.25) is 4.79 Å². The van der Waals surface area contributed by atoms with Crippen molar-refractivity contribution in [2.45, 2.75) is 83.8 Å². The van der Waals surface area contributed by atoms with Crippen LogP contribution in [-0.2, 0) is 4.79 Å². The smallest absolute Gasteiger partial charge is 0.237 e. The van der Waals surface area contributed by atoms with Crippen LogP contribution in [0.15, 0.2) is 0 Å². The molecule has 1 saturated carbocycles. The molecule has 3 heteroatoms. The van der Waals surface area contributed by atoms with Crippen LogP contribution in [0.25, 0.3) is 0 Å². The number of nitrogens with one attached hydrogen (secondary N) is 2. The first-order valence-electron chi connectivity index (χ1n) is 7.53. The van der Waals surface area contributed by atoms with E-state index in [1.165, 1.54) is 25.7 Å². The maximum atomic E-state index is 12.2. The molecule has 1 saturated heterocycles. The molecule has 2 rings (SSSR count). The molecule has 0 radical (unpaired) electrons. The molecule has 1 amide bonds. The molecular weight excluding hydrogens is 224 g/mol. The first kappa shape index (κ1) is 13.9. The number of carbonyl (C=O) groups excluding carboxylic acids is 1. The Morgan fingerprint density at radius 2 is 2.00 bits per heavy atom. The van der Waals surface area contributed by atoms with Crippen LogP contribution in [0.5, 0.6) is 0 Å². The Bertz CT molecular complexity index is 301. The Morgan fingerprint density at radius 1 is 1.22 bits per heavy atom. The molecule has 104 valence electrons. The minimum absolute atomic E-state index is 0.0405. The first-order valence-corrected chi connectivity index (χ1v) is 7.53. The van der Waals surface area contributed by atoms with E-state index >= 15 is 0 Å². The van der Waals surface area contributed by atoms with E-state index < -0.39 is 0 Å². The number of piperidine rings is 1. The molecule has 3 unspecified atom stereocenters. The average molecular weight is 252 g/mol. The number of hydrogen-bond acceptors (Lipinski definition) is 2. The van der Waals surface area contributed by atoms with Crippen LogP contribution >= 0.6 is 0 Å². The van der Waals surface area contributed by atoms with E-state index in [0.717, 1.165) is 19.3 Å². The molecule has 2 aliphatic rings. The monoisotopic (exact) mass is 252 g/mol. The summed E-state index contributed by atoms with van der Waals surface area (Å²) in [5, 5.41) is 6.68. The van der Waals surface area contributed by atoms with E-state index in [4.69, 9.17) is 0 Å². The van der Waals surface area contributed by atoms with Gasteiger partial charge in [-0.1, -0.05) is 20.3 Å². The van der Waals surface area contributed by atoms with Crippen molar-refractivity contribution < 1.29 is 4.79 Å². The maximum Gasteiger partial charge on any atom is 0.237 e. The largest absolute Gasteiger partial charge is 0.352 e. The van der Waals surface area contributed by atoms with Gasteiger partial charge in [-0.15, -0.1) is 0 Å². The summed E-state index contributed by atoms with van der Waals surface area (Å²) in [5.74, 6) is 0.226. The SMILES string of the molecule is CC1CCCC(C(=O)NC2CCCC(C)(C)C2)N1. The Hall–Kier alpha value is -0.570. The van der Waals surface area contributed by atoms with Crippen LogP contribution in [0.1, 0.15) is 65.7 Å². The lowest BCUT2D eigenvalue weighted by atomic mass is 9.75. The normalized spacial score (nSPS) is 36.1. The highest BCUT2D eigenvalue weighted by atomic mass is 16.2. The van der Waals surface area contributed by atoms with Gasteiger partial charge < -0.3 is 10.6 Å². The Kier molecular flexibility index (Phi) is 4.31. The van der Waals surface area contributed by atoms with E-state index in [9.17, 15) is 4.79 Å². The highest BCUT2D eigenvalue weighted by molar-refractivity contribution is 5.82. The zero-order valence-corrected chi connectivity index (χ0v) is 12.1. The van der Waals surface area contributed by atoms with Crippen molar-refractivity contribution in [1.82, 2.24) is 10.6 Å². The second-order valence-electron chi connectivity index (χ2n) is 7.02. The van der Waals surface area contributed by atoms with Crippen LogP contribution in [0.2, 0.25) is 0 Å². The van der Waals surface area contributed by atoms with Gasteiger partial charge in [0.1, 0.15) is 0 Å². The van der Waals surface area contributed by atoms with Crippen molar-refractivity contribution in [3.63, 3.8) is 0 Å². The summed E-state index contributed by atoms with van der Waals surface area (Å²) >= 11 is 0. The molecule has 0 spiro atoms. The summed E-state index contributed by atoms with van der Waals surface area (Å²) in [7, 11) is 0. The number of carbonyl (C=O) groups is 1. The zero-order valence-electron chi connectivity index (χ0n) is 12.1. The molecular formula is C15H28N2O. The van der Waals surface area contributed by atoms with Crippen molar-refractivity contribution in [2.24, 2.45) is 5.41 Å². The van der Waals surface area contributed by atoms with Crippen LogP contribution < -0.4 is 10.6 Å². The average Bonchev–Trinajstić information content (AvgIpc) is 2.27. The predicted octanol–water partition coefficient (Wildman–Crippen LogP) is 2.60. The van der Waals surface area contributed by atoms with Gasteiger partial charge in [-0.2, -0.15) is 0 Å². The second-order valence-corrected chi connectivity index (χ2v) is 7.02. The molecule has 0 aromatic heterocycles. The Balaban J connectivity index is 1.83. The van der Waals surface area contributed by atoms with E-state index in [1.54, 1.807) is 0 Å². The molecule has 0 aromatic rings. The predicted molar refractivity (Wildman–Crippen MR) is 74.4 cm³/mol. The second kappa shape index (κ2) is 5.60. The third-order valence-electron chi connectivity index (χ3n) is 4.48. The van der Waals surface area contributed by atoms with Gasteiger partial charge in [0, 0.05) is 12.1 Å². The fourth-order valence-corrected chi connectivity index (χ4v) is 3.47. The van der Waals surface area contributed by atoms with E-state index in [0.29, 0.717) is 17.5 Å². The quantitative estimate of drug-likeness (QED) is 0.793. The van der Waals surface area contributed by atoms with Crippen LogP contribution in [-0.4, -0.2) is 24.0 Å². The highest BCUT2D eigenvalue weighted by Gasteiger charge is 2.31. The van der Waals surface area contributed by atoms with Crippen molar-refractivity contribution in [3.05, 3.63) is 0 Å². The summed E-state index contributed by atoms with van der Waals surface area (Å²) in [4.78, 5) is 12.2. The molecule has 1 heterocycles. The highest BCUT2D eigenvalue weighted by Crippen LogP contribution is 2.35. The third-order valence-corrected chi connectivity index (χ3v) is 4.48.